The number of hydrogen-bond donors (Lipinski definition) is 2. The number of furan rings is 1. The number of thiocarbonyl (C=S) groups is 1. The van der Waals surface area contributed by atoms with Crippen molar-refractivity contribution < 1.29 is 4.42 Å². The summed E-state index contributed by atoms with van der Waals surface area (Å²) in [5.41, 5.74) is 4.79. The third kappa shape index (κ3) is 4.92. The molecular weight excluding hydrogens is 418 g/mol. The summed E-state index contributed by atoms with van der Waals surface area (Å²) < 4.78 is 5.56. The molecule has 5 nitrogen and oxygen atoms in total. The van der Waals surface area contributed by atoms with Crippen molar-refractivity contribution >= 4 is 28.2 Å². The smallest absolute Gasteiger partial charge is 0.253 e. The Balaban J connectivity index is 1.63. The molecule has 0 amide bonds. The fourth-order valence-electron chi connectivity index (χ4n) is 3.95. The number of pyridine rings is 1. The Hall–Kier alpha value is -3.38. The molecule has 0 radical (unpaired) electrons. The zero-order valence-corrected chi connectivity index (χ0v) is 19.3. The molecule has 0 aliphatic carbocycles. The molecule has 1 atom stereocenters. The molecule has 6 heteroatoms. The first-order valence-corrected chi connectivity index (χ1v) is 11.1. The number of aryl methyl sites for hydroxylation is 2. The predicted octanol–water partition coefficient (Wildman–Crippen LogP) is 5.38. The minimum atomic E-state index is -0.104. The molecule has 0 fully saturated rings. The zero-order chi connectivity index (χ0) is 22.7. The van der Waals surface area contributed by atoms with Crippen molar-refractivity contribution in [1.29, 1.82) is 0 Å². The number of nitrogens with one attached hydrogen (secondary N) is 2. The van der Waals surface area contributed by atoms with Crippen molar-refractivity contribution in [3.8, 4) is 0 Å². The number of aromatic nitrogens is 1. The van der Waals surface area contributed by atoms with Crippen LogP contribution >= 0.6 is 12.2 Å². The lowest BCUT2D eigenvalue weighted by molar-refractivity contribution is 0.347. The number of fused-ring (bicyclic) bond motifs is 1. The lowest BCUT2D eigenvalue weighted by Crippen LogP contribution is -2.41. The number of rotatable bonds is 6. The highest BCUT2D eigenvalue weighted by molar-refractivity contribution is 7.80. The second-order valence-electron chi connectivity index (χ2n) is 8.19. The van der Waals surface area contributed by atoms with Crippen LogP contribution in [0.15, 0.2) is 76.1 Å². The van der Waals surface area contributed by atoms with Crippen LogP contribution in [0.4, 0.5) is 0 Å². The molecule has 4 rings (SSSR count). The van der Waals surface area contributed by atoms with Gasteiger partial charge in [0.25, 0.3) is 5.56 Å². The monoisotopic (exact) mass is 445 g/mol. The molecular formula is C26H27N3O2S. The Morgan fingerprint density at radius 1 is 1.09 bits per heavy atom. The summed E-state index contributed by atoms with van der Waals surface area (Å²) in [6.07, 6.45) is 1.64. The number of hydrogen-bond acceptors (Lipinski definition) is 3. The molecule has 4 aromatic rings. The van der Waals surface area contributed by atoms with Crippen LogP contribution in [0.2, 0.25) is 0 Å². The second kappa shape index (κ2) is 9.40. The number of H-pyrrole nitrogens is 1. The Kier molecular flexibility index (Phi) is 6.42. The Morgan fingerprint density at radius 2 is 1.88 bits per heavy atom. The van der Waals surface area contributed by atoms with Gasteiger partial charge in [0.05, 0.1) is 30.9 Å². The first kappa shape index (κ1) is 21.8. The average Bonchev–Trinajstić information content (AvgIpc) is 3.28. The normalized spacial score (nSPS) is 12.0. The molecule has 32 heavy (non-hydrogen) atoms. The van der Waals surface area contributed by atoms with Gasteiger partial charge >= 0.3 is 0 Å². The van der Waals surface area contributed by atoms with Gasteiger partial charge in [-0.25, -0.2) is 0 Å². The van der Waals surface area contributed by atoms with E-state index in [0.29, 0.717) is 23.8 Å². The fourth-order valence-corrected chi connectivity index (χ4v) is 4.25. The van der Waals surface area contributed by atoms with Gasteiger partial charge in [-0.1, -0.05) is 42.0 Å². The maximum Gasteiger partial charge on any atom is 0.253 e. The van der Waals surface area contributed by atoms with Crippen LogP contribution < -0.4 is 10.9 Å². The van der Waals surface area contributed by atoms with E-state index in [4.69, 9.17) is 16.6 Å². The molecule has 2 N–H and O–H groups in total. The van der Waals surface area contributed by atoms with E-state index in [0.717, 1.165) is 33.4 Å². The minimum absolute atomic E-state index is 0.0305. The summed E-state index contributed by atoms with van der Waals surface area (Å²) in [5.74, 6) is 0.783. The highest BCUT2D eigenvalue weighted by Gasteiger charge is 2.17. The van der Waals surface area contributed by atoms with Crippen molar-refractivity contribution in [2.24, 2.45) is 0 Å². The highest BCUT2D eigenvalue weighted by atomic mass is 32.1. The van der Waals surface area contributed by atoms with Crippen LogP contribution in [0.1, 0.15) is 41.0 Å². The quantitative estimate of drug-likeness (QED) is 0.391. The maximum atomic E-state index is 12.9. The molecule has 2 aromatic heterocycles. The second-order valence-corrected chi connectivity index (χ2v) is 8.57. The molecule has 2 heterocycles. The van der Waals surface area contributed by atoms with E-state index in [1.165, 1.54) is 0 Å². The number of benzene rings is 2. The van der Waals surface area contributed by atoms with Gasteiger partial charge in [0.15, 0.2) is 5.11 Å². The molecule has 0 aliphatic rings. The maximum absolute atomic E-state index is 12.9. The van der Waals surface area contributed by atoms with Gasteiger partial charge in [0.2, 0.25) is 0 Å². The summed E-state index contributed by atoms with van der Waals surface area (Å²) >= 11 is 5.77. The standard InChI is InChI=1S/C26H27N3O2S/c1-17-12-18(2)24-21(13-17)14-22(25(30)28-24)15-29(16-23-10-7-11-31-23)26(32)27-19(3)20-8-5-4-6-9-20/h4-14,19H,15-16H2,1-3H3,(H,27,32)(H,28,30). The average molecular weight is 446 g/mol. The van der Waals surface area contributed by atoms with Gasteiger partial charge in [-0.15, -0.1) is 0 Å². The van der Waals surface area contributed by atoms with Crippen molar-refractivity contribution in [2.45, 2.75) is 39.9 Å². The van der Waals surface area contributed by atoms with Crippen LogP contribution in [0, 0.1) is 13.8 Å². The van der Waals surface area contributed by atoms with Crippen molar-refractivity contribution in [3.63, 3.8) is 0 Å². The van der Waals surface area contributed by atoms with E-state index in [2.05, 4.69) is 48.4 Å². The van der Waals surface area contributed by atoms with E-state index in [1.54, 1.807) is 6.26 Å². The Morgan fingerprint density at radius 3 is 2.59 bits per heavy atom. The van der Waals surface area contributed by atoms with Crippen molar-refractivity contribution in [1.82, 2.24) is 15.2 Å². The van der Waals surface area contributed by atoms with E-state index >= 15 is 0 Å². The molecule has 0 saturated heterocycles. The Bertz CT molecular complexity index is 1280. The molecule has 0 spiro atoms. The first-order valence-electron chi connectivity index (χ1n) is 10.7. The molecule has 0 bridgehead atoms. The van der Waals surface area contributed by atoms with Crippen LogP contribution in [-0.2, 0) is 13.1 Å². The van der Waals surface area contributed by atoms with Gasteiger partial charge in [-0.3, -0.25) is 4.79 Å². The first-order chi connectivity index (χ1) is 15.4. The van der Waals surface area contributed by atoms with Crippen LogP contribution in [0.5, 0.6) is 0 Å². The SMILES string of the molecule is Cc1cc(C)c2[nH]c(=O)c(CN(Cc3ccco3)C(=S)NC(C)c3ccccc3)cc2c1. The van der Waals surface area contributed by atoms with E-state index in [1.807, 2.05) is 48.2 Å². The van der Waals surface area contributed by atoms with E-state index < -0.39 is 0 Å². The van der Waals surface area contributed by atoms with Crippen molar-refractivity contribution in [3.05, 3.63) is 105 Å². The summed E-state index contributed by atoms with van der Waals surface area (Å²) in [6, 6.07) is 20.1. The van der Waals surface area contributed by atoms with Gasteiger partial charge in [0.1, 0.15) is 5.76 Å². The van der Waals surface area contributed by atoms with Crippen LogP contribution in [0.25, 0.3) is 10.9 Å². The zero-order valence-electron chi connectivity index (χ0n) is 18.5. The summed E-state index contributed by atoms with van der Waals surface area (Å²) in [6.45, 7) is 6.97. The highest BCUT2D eigenvalue weighted by Crippen LogP contribution is 2.20. The van der Waals surface area contributed by atoms with Gasteiger partial charge in [-0.05, 0) is 73.8 Å². The van der Waals surface area contributed by atoms with Gasteiger partial charge < -0.3 is 19.6 Å². The summed E-state index contributed by atoms with van der Waals surface area (Å²) in [7, 11) is 0. The minimum Gasteiger partial charge on any atom is -0.467 e. The third-order valence-corrected chi connectivity index (χ3v) is 5.96. The van der Waals surface area contributed by atoms with E-state index in [9.17, 15) is 4.79 Å². The predicted molar refractivity (Wildman–Crippen MR) is 133 cm³/mol. The van der Waals surface area contributed by atoms with Crippen molar-refractivity contribution in [2.75, 3.05) is 0 Å². The number of nitrogens with zero attached hydrogens (tertiary/aromatic N) is 1. The lowest BCUT2D eigenvalue weighted by Gasteiger charge is -2.27. The van der Waals surface area contributed by atoms with Crippen LogP contribution in [-0.4, -0.2) is 15.0 Å². The molecule has 164 valence electrons. The third-order valence-electron chi connectivity index (χ3n) is 5.59. The fraction of sp³-hybridized carbons (Fsp3) is 0.231. The molecule has 0 saturated carbocycles. The van der Waals surface area contributed by atoms with Gasteiger partial charge in [0, 0.05) is 5.56 Å². The summed E-state index contributed by atoms with van der Waals surface area (Å²) in [5, 5.41) is 4.99. The molecule has 0 aliphatic heterocycles. The largest absolute Gasteiger partial charge is 0.467 e. The van der Waals surface area contributed by atoms with Gasteiger partial charge in [-0.2, -0.15) is 0 Å². The number of aromatic amines is 1. The summed E-state index contributed by atoms with van der Waals surface area (Å²) in [4.78, 5) is 17.9. The van der Waals surface area contributed by atoms with Crippen LogP contribution in [0.3, 0.4) is 0 Å². The molecule has 2 aromatic carbocycles. The Labute approximate surface area is 193 Å². The topological polar surface area (TPSA) is 61.3 Å². The van der Waals surface area contributed by atoms with E-state index in [-0.39, 0.29) is 11.6 Å². The molecule has 1 unspecified atom stereocenters. The lowest BCUT2D eigenvalue weighted by atomic mass is 10.1.